The molecule has 2 fully saturated rings. The van der Waals surface area contributed by atoms with E-state index in [0.29, 0.717) is 68.2 Å². The van der Waals surface area contributed by atoms with Crippen molar-refractivity contribution in [2.75, 3.05) is 50.9 Å². The first-order valence-electron chi connectivity index (χ1n) is 11.6. The lowest BCUT2D eigenvalue weighted by atomic mass is 9.79. The van der Waals surface area contributed by atoms with E-state index in [1.54, 1.807) is 37.0 Å². The number of likely N-dealkylation sites (tertiary alicyclic amines) is 1. The summed E-state index contributed by atoms with van der Waals surface area (Å²) < 4.78 is 15.1. The van der Waals surface area contributed by atoms with Gasteiger partial charge in [-0.25, -0.2) is 14.2 Å². The normalized spacial score (nSPS) is 18.9. The van der Waals surface area contributed by atoms with Crippen LogP contribution in [0.1, 0.15) is 23.2 Å². The van der Waals surface area contributed by atoms with Crippen molar-refractivity contribution in [3.63, 3.8) is 0 Å². The Hall–Kier alpha value is -3.32. The summed E-state index contributed by atoms with van der Waals surface area (Å²) in [6, 6.07) is 8.94. The zero-order valence-electron chi connectivity index (χ0n) is 19.8. The van der Waals surface area contributed by atoms with Gasteiger partial charge in [0.15, 0.2) is 5.17 Å². The summed E-state index contributed by atoms with van der Waals surface area (Å²) in [5.74, 6) is 0.204. The number of rotatable bonds is 2. The maximum absolute atomic E-state index is 15.1. The molecule has 0 atom stereocenters. The lowest BCUT2D eigenvalue weighted by Crippen LogP contribution is -2.59. The van der Waals surface area contributed by atoms with E-state index in [0.717, 1.165) is 22.8 Å². The van der Waals surface area contributed by atoms with Gasteiger partial charge in [0.05, 0.1) is 12.2 Å². The third kappa shape index (κ3) is 3.97. The first kappa shape index (κ1) is 23.4. The number of thioether (sulfide) groups is 1. The highest BCUT2D eigenvalue weighted by Gasteiger charge is 2.50. The summed E-state index contributed by atoms with van der Waals surface area (Å²) in [5, 5.41) is 20.5. The molecule has 1 aromatic carbocycles. The molecule has 0 bridgehead atoms. The van der Waals surface area contributed by atoms with E-state index in [-0.39, 0.29) is 11.2 Å². The van der Waals surface area contributed by atoms with Crippen LogP contribution in [0.4, 0.5) is 15.0 Å². The van der Waals surface area contributed by atoms with Crippen molar-refractivity contribution >= 4 is 28.8 Å². The van der Waals surface area contributed by atoms with Gasteiger partial charge in [0.1, 0.15) is 23.3 Å². The van der Waals surface area contributed by atoms with Crippen molar-refractivity contribution in [1.82, 2.24) is 14.8 Å². The number of carboxylic acid groups (broad SMARTS) is 1. The van der Waals surface area contributed by atoms with Gasteiger partial charge >= 0.3 is 6.09 Å². The van der Waals surface area contributed by atoms with Gasteiger partial charge in [0.25, 0.3) is 0 Å². The Balaban J connectivity index is 1.60. The Morgan fingerprint density at radius 3 is 2.69 bits per heavy atom. The average Bonchev–Trinajstić information content (AvgIpc) is 3.29. The molecule has 182 valence electrons. The van der Waals surface area contributed by atoms with Crippen LogP contribution in [-0.2, 0) is 13.0 Å². The van der Waals surface area contributed by atoms with Gasteiger partial charge in [-0.15, -0.1) is 0 Å². The SMILES string of the molecule is CN=C(SC)N1CCc2c(nc(N3CCC4(CN(C(=O)O)C4)C3)c(C#N)c2-c2ccccc2F)C1. The maximum Gasteiger partial charge on any atom is 0.407 e. The molecule has 35 heavy (non-hydrogen) atoms. The molecule has 1 amide bonds. The van der Waals surface area contributed by atoms with Crippen LogP contribution < -0.4 is 4.90 Å². The number of benzene rings is 1. The molecule has 8 nitrogen and oxygen atoms in total. The van der Waals surface area contributed by atoms with E-state index < -0.39 is 6.09 Å². The highest BCUT2D eigenvalue weighted by molar-refractivity contribution is 8.13. The number of carbonyl (C=O) groups is 1. The van der Waals surface area contributed by atoms with E-state index in [9.17, 15) is 15.2 Å². The maximum atomic E-state index is 15.1. The Morgan fingerprint density at radius 1 is 1.26 bits per heavy atom. The number of anilines is 1. The first-order chi connectivity index (χ1) is 16.9. The molecule has 1 aromatic heterocycles. The zero-order chi connectivity index (χ0) is 24.7. The van der Waals surface area contributed by atoms with Gasteiger partial charge in [0, 0.05) is 56.3 Å². The second-order valence-corrected chi connectivity index (χ2v) is 10.2. The van der Waals surface area contributed by atoms with Crippen molar-refractivity contribution in [2.24, 2.45) is 10.4 Å². The van der Waals surface area contributed by atoms with Crippen LogP contribution in [0, 0.1) is 22.6 Å². The minimum atomic E-state index is -0.900. The number of hydrogen-bond donors (Lipinski definition) is 1. The molecule has 0 aliphatic carbocycles. The summed E-state index contributed by atoms with van der Waals surface area (Å²) >= 11 is 1.58. The number of pyridine rings is 1. The van der Waals surface area contributed by atoms with E-state index in [1.807, 2.05) is 6.26 Å². The fraction of sp³-hybridized carbons (Fsp3) is 0.440. The molecule has 2 aromatic rings. The molecule has 1 spiro atoms. The average molecular weight is 495 g/mol. The summed E-state index contributed by atoms with van der Waals surface area (Å²) in [7, 11) is 1.77. The second-order valence-electron chi connectivity index (χ2n) is 9.39. The molecule has 0 unspecified atom stereocenters. The quantitative estimate of drug-likeness (QED) is 0.503. The van der Waals surface area contributed by atoms with Crippen LogP contribution in [0.3, 0.4) is 0 Å². The van der Waals surface area contributed by atoms with Crippen LogP contribution >= 0.6 is 11.8 Å². The molecule has 2 saturated heterocycles. The Kier molecular flexibility index (Phi) is 6.05. The molecule has 1 N–H and O–H groups in total. The summed E-state index contributed by atoms with van der Waals surface area (Å²) in [4.78, 5) is 26.4. The lowest BCUT2D eigenvalue weighted by Gasteiger charge is -2.46. The van der Waals surface area contributed by atoms with Crippen LogP contribution in [0.2, 0.25) is 0 Å². The second kappa shape index (κ2) is 9.04. The van der Waals surface area contributed by atoms with E-state index in [4.69, 9.17) is 4.98 Å². The number of halogens is 1. The standard InChI is InChI=1S/C25H27FN6O2S/c1-28-23(35-2)30-9-7-17-20(12-30)29-22(18(11-27)21(17)16-5-3-4-6-19(16)26)31-10-8-25(13-31)14-32(15-25)24(33)34/h3-6H,7-10,12-15H2,1-2H3,(H,33,34). The molecule has 0 saturated carbocycles. The van der Waals surface area contributed by atoms with Crippen molar-refractivity contribution in [3.8, 4) is 17.2 Å². The van der Waals surface area contributed by atoms with Gasteiger partial charge in [0.2, 0.25) is 0 Å². The topological polar surface area (TPSA) is 96.1 Å². The third-order valence-corrected chi connectivity index (χ3v) is 8.10. The highest BCUT2D eigenvalue weighted by Crippen LogP contribution is 2.44. The predicted molar refractivity (Wildman–Crippen MR) is 134 cm³/mol. The number of amidine groups is 1. The number of nitriles is 1. The van der Waals surface area contributed by atoms with Crippen molar-refractivity contribution in [1.29, 1.82) is 5.26 Å². The molecule has 3 aliphatic heterocycles. The minimum Gasteiger partial charge on any atom is -0.465 e. The fourth-order valence-electron chi connectivity index (χ4n) is 5.66. The molecule has 5 rings (SSSR count). The number of amides is 1. The lowest BCUT2D eigenvalue weighted by molar-refractivity contribution is 0.0251. The van der Waals surface area contributed by atoms with Crippen LogP contribution in [0.5, 0.6) is 0 Å². The third-order valence-electron chi connectivity index (χ3n) is 7.30. The summed E-state index contributed by atoms with van der Waals surface area (Å²) in [6.07, 6.45) is 2.56. The van der Waals surface area contributed by atoms with Crippen LogP contribution in [0.25, 0.3) is 11.1 Å². The number of aromatic nitrogens is 1. The summed E-state index contributed by atoms with van der Waals surface area (Å²) in [5.41, 5.74) is 3.07. The molecule has 0 radical (unpaired) electrons. The Morgan fingerprint density at radius 2 is 2.03 bits per heavy atom. The van der Waals surface area contributed by atoms with Crippen molar-refractivity contribution in [2.45, 2.75) is 19.4 Å². The highest BCUT2D eigenvalue weighted by atomic mass is 32.2. The fourth-order valence-corrected chi connectivity index (χ4v) is 6.26. The van der Waals surface area contributed by atoms with Crippen LogP contribution in [0.15, 0.2) is 29.3 Å². The number of nitrogens with zero attached hydrogens (tertiary/aromatic N) is 6. The minimum absolute atomic E-state index is 0.117. The summed E-state index contributed by atoms with van der Waals surface area (Å²) in [6.45, 7) is 3.54. The van der Waals surface area contributed by atoms with Crippen molar-refractivity contribution in [3.05, 3.63) is 46.9 Å². The van der Waals surface area contributed by atoms with E-state index in [2.05, 4.69) is 20.9 Å². The molecule has 3 aliphatic rings. The van der Waals surface area contributed by atoms with Crippen LogP contribution in [-0.4, -0.2) is 77.2 Å². The van der Waals surface area contributed by atoms with Gasteiger partial charge < -0.3 is 19.8 Å². The van der Waals surface area contributed by atoms with Crippen molar-refractivity contribution < 1.29 is 14.3 Å². The molecular weight excluding hydrogens is 467 g/mol. The number of fused-ring (bicyclic) bond motifs is 1. The largest absolute Gasteiger partial charge is 0.465 e. The van der Waals surface area contributed by atoms with Gasteiger partial charge in [-0.3, -0.25) is 4.99 Å². The number of aliphatic imine (C=N–C) groups is 1. The zero-order valence-corrected chi connectivity index (χ0v) is 20.6. The first-order valence-corrected chi connectivity index (χ1v) is 12.8. The molecule has 4 heterocycles. The Bertz CT molecular complexity index is 1250. The Labute approximate surface area is 208 Å². The van der Waals surface area contributed by atoms with E-state index in [1.165, 1.54) is 11.0 Å². The monoisotopic (exact) mass is 494 g/mol. The number of hydrogen-bond acceptors (Lipinski definition) is 6. The predicted octanol–water partition coefficient (Wildman–Crippen LogP) is 3.66. The van der Waals surface area contributed by atoms with Gasteiger partial charge in [-0.1, -0.05) is 30.0 Å². The molecule has 10 heteroatoms. The van der Waals surface area contributed by atoms with Gasteiger partial charge in [-0.2, -0.15) is 5.26 Å². The molecular formula is C25H27FN6O2S. The van der Waals surface area contributed by atoms with Gasteiger partial charge in [-0.05, 0) is 30.7 Å². The smallest absolute Gasteiger partial charge is 0.407 e. The van der Waals surface area contributed by atoms with E-state index >= 15 is 4.39 Å².